The Kier molecular flexibility index (Phi) is 6.13. The van der Waals surface area contributed by atoms with Gasteiger partial charge in [-0.05, 0) is 45.4 Å². The highest BCUT2D eigenvalue weighted by Crippen LogP contribution is 2.28. The summed E-state index contributed by atoms with van der Waals surface area (Å²) in [6.45, 7) is 9.25. The van der Waals surface area contributed by atoms with Crippen molar-refractivity contribution in [2.24, 2.45) is 11.8 Å². The average Bonchev–Trinajstić information content (AvgIpc) is 2.22. The highest BCUT2D eigenvalue weighted by Gasteiger charge is 2.19. The molecule has 1 fully saturated rings. The summed E-state index contributed by atoms with van der Waals surface area (Å²) in [7, 11) is 0. The van der Waals surface area contributed by atoms with E-state index >= 15 is 0 Å². The molecule has 18 heavy (non-hydrogen) atoms. The van der Waals surface area contributed by atoms with Gasteiger partial charge in [0.15, 0.2) is 0 Å². The maximum atomic E-state index is 11.5. The van der Waals surface area contributed by atoms with E-state index in [1.54, 1.807) is 0 Å². The molecule has 0 amide bonds. The van der Waals surface area contributed by atoms with Crippen molar-refractivity contribution < 1.29 is 14.3 Å². The third-order valence-electron chi connectivity index (χ3n) is 3.27. The summed E-state index contributed by atoms with van der Waals surface area (Å²) in [4.78, 5) is 11.5. The molecule has 1 aliphatic rings. The van der Waals surface area contributed by atoms with E-state index in [9.17, 15) is 4.79 Å². The number of hydrogen-bond donors (Lipinski definition) is 0. The molecule has 3 nitrogen and oxygen atoms in total. The van der Waals surface area contributed by atoms with E-state index in [2.05, 4.69) is 6.92 Å². The number of hydrogen-bond acceptors (Lipinski definition) is 3. The van der Waals surface area contributed by atoms with Crippen LogP contribution in [0.15, 0.2) is 0 Å². The second-order valence-corrected chi connectivity index (χ2v) is 6.55. The van der Waals surface area contributed by atoms with Gasteiger partial charge >= 0.3 is 5.97 Å². The fourth-order valence-electron chi connectivity index (χ4n) is 2.51. The molecule has 0 saturated heterocycles. The number of carbonyl (C=O) groups is 1. The first kappa shape index (κ1) is 15.5. The lowest BCUT2D eigenvalue weighted by molar-refractivity contribution is -0.156. The molecule has 0 aromatic rings. The molecule has 3 heteroatoms. The standard InChI is InChI=1S/C15H28O3/c1-12-6-5-7-13(10-12)11-17-9-8-14(16)18-15(2,3)4/h12-13H,5-11H2,1-4H3. The van der Waals surface area contributed by atoms with Crippen LogP contribution in [0.5, 0.6) is 0 Å². The zero-order chi connectivity index (χ0) is 13.6. The fourth-order valence-corrected chi connectivity index (χ4v) is 2.51. The Morgan fingerprint density at radius 3 is 2.61 bits per heavy atom. The summed E-state index contributed by atoms with van der Waals surface area (Å²) in [5, 5.41) is 0. The van der Waals surface area contributed by atoms with Gasteiger partial charge in [0.1, 0.15) is 5.60 Å². The van der Waals surface area contributed by atoms with Crippen molar-refractivity contribution in [3.63, 3.8) is 0 Å². The van der Waals surface area contributed by atoms with Crippen molar-refractivity contribution >= 4 is 5.97 Å². The maximum absolute atomic E-state index is 11.5. The lowest BCUT2D eigenvalue weighted by atomic mass is 9.83. The Labute approximate surface area is 111 Å². The topological polar surface area (TPSA) is 35.5 Å². The fraction of sp³-hybridized carbons (Fsp3) is 0.933. The van der Waals surface area contributed by atoms with Gasteiger partial charge in [-0.25, -0.2) is 0 Å². The average molecular weight is 256 g/mol. The van der Waals surface area contributed by atoms with E-state index in [4.69, 9.17) is 9.47 Å². The molecule has 0 radical (unpaired) electrons. The molecular formula is C15H28O3. The van der Waals surface area contributed by atoms with E-state index in [1.807, 2.05) is 20.8 Å². The Balaban J connectivity index is 2.06. The van der Waals surface area contributed by atoms with Crippen LogP contribution in [0.1, 0.15) is 59.8 Å². The molecule has 0 bridgehead atoms. The number of carbonyl (C=O) groups excluding carboxylic acids is 1. The Morgan fingerprint density at radius 2 is 2.00 bits per heavy atom. The minimum atomic E-state index is -0.393. The number of esters is 1. The van der Waals surface area contributed by atoms with Crippen molar-refractivity contribution in [2.45, 2.75) is 65.4 Å². The normalized spacial score (nSPS) is 24.9. The molecular weight excluding hydrogens is 228 g/mol. The van der Waals surface area contributed by atoms with Crippen molar-refractivity contribution in [1.82, 2.24) is 0 Å². The van der Waals surface area contributed by atoms with Gasteiger partial charge in [-0.15, -0.1) is 0 Å². The molecule has 0 aliphatic heterocycles. The van der Waals surface area contributed by atoms with Gasteiger partial charge in [0.25, 0.3) is 0 Å². The van der Waals surface area contributed by atoms with E-state index in [1.165, 1.54) is 25.7 Å². The molecule has 0 spiro atoms. The van der Waals surface area contributed by atoms with E-state index in [0.717, 1.165) is 12.5 Å². The second kappa shape index (κ2) is 7.13. The van der Waals surface area contributed by atoms with Gasteiger partial charge in [-0.2, -0.15) is 0 Å². The van der Waals surface area contributed by atoms with Crippen molar-refractivity contribution in [3.05, 3.63) is 0 Å². The summed E-state index contributed by atoms with van der Waals surface area (Å²) in [5.41, 5.74) is -0.393. The third-order valence-corrected chi connectivity index (χ3v) is 3.27. The minimum Gasteiger partial charge on any atom is -0.460 e. The van der Waals surface area contributed by atoms with Gasteiger partial charge in [0.2, 0.25) is 0 Å². The first-order chi connectivity index (χ1) is 8.37. The summed E-state index contributed by atoms with van der Waals surface area (Å²) < 4.78 is 10.8. The van der Waals surface area contributed by atoms with Crippen LogP contribution in [0.2, 0.25) is 0 Å². The summed E-state index contributed by atoms with van der Waals surface area (Å²) >= 11 is 0. The molecule has 0 aromatic heterocycles. The quantitative estimate of drug-likeness (QED) is 0.557. The maximum Gasteiger partial charge on any atom is 0.308 e. The Bertz CT molecular complexity index is 255. The molecule has 106 valence electrons. The van der Waals surface area contributed by atoms with Crippen LogP contribution in [0.3, 0.4) is 0 Å². The summed E-state index contributed by atoms with van der Waals surface area (Å²) in [6.07, 6.45) is 5.58. The van der Waals surface area contributed by atoms with Crippen molar-refractivity contribution in [3.8, 4) is 0 Å². The van der Waals surface area contributed by atoms with Crippen molar-refractivity contribution in [1.29, 1.82) is 0 Å². The summed E-state index contributed by atoms with van der Waals surface area (Å²) in [6, 6.07) is 0. The van der Waals surface area contributed by atoms with Crippen LogP contribution in [-0.4, -0.2) is 24.8 Å². The van der Waals surface area contributed by atoms with Gasteiger partial charge < -0.3 is 9.47 Å². The Morgan fingerprint density at radius 1 is 1.28 bits per heavy atom. The van der Waals surface area contributed by atoms with E-state index in [-0.39, 0.29) is 5.97 Å². The van der Waals surface area contributed by atoms with Gasteiger partial charge in [-0.3, -0.25) is 4.79 Å². The molecule has 1 aliphatic carbocycles. The molecule has 2 unspecified atom stereocenters. The van der Waals surface area contributed by atoms with Crippen molar-refractivity contribution in [2.75, 3.05) is 13.2 Å². The van der Waals surface area contributed by atoms with E-state index < -0.39 is 5.60 Å². The van der Waals surface area contributed by atoms with E-state index in [0.29, 0.717) is 18.9 Å². The van der Waals surface area contributed by atoms with Crippen LogP contribution < -0.4 is 0 Å². The highest BCUT2D eigenvalue weighted by atomic mass is 16.6. The zero-order valence-corrected chi connectivity index (χ0v) is 12.3. The largest absolute Gasteiger partial charge is 0.460 e. The van der Waals surface area contributed by atoms with Crippen LogP contribution in [0.4, 0.5) is 0 Å². The molecule has 1 saturated carbocycles. The third kappa shape index (κ3) is 7.00. The first-order valence-electron chi connectivity index (χ1n) is 7.16. The lowest BCUT2D eigenvalue weighted by Crippen LogP contribution is -2.25. The minimum absolute atomic E-state index is 0.167. The molecule has 0 heterocycles. The van der Waals surface area contributed by atoms with Gasteiger partial charge in [-0.1, -0.05) is 19.8 Å². The van der Waals surface area contributed by atoms with Crippen LogP contribution in [0.25, 0.3) is 0 Å². The zero-order valence-electron chi connectivity index (χ0n) is 12.3. The predicted octanol–water partition coefficient (Wildman–Crippen LogP) is 3.56. The van der Waals surface area contributed by atoms with Gasteiger partial charge in [0.05, 0.1) is 13.0 Å². The predicted molar refractivity (Wildman–Crippen MR) is 72.4 cm³/mol. The first-order valence-corrected chi connectivity index (χ1v) is 7.16. The Hall–Kier alpha value is -0.570. The van der Waals surface area contributed by atoms with Crippen LogP contribution >= 0.6 is 0 Å². The summed E-state index contributed by atoms with van der Waals surface area (Å²) in [5.74, 6) is 1.35. The molecule has 0 N–H and O–H groups in total. The SMILES string of the molecule is CC1CCCC(COCCC(=O)OC(C)(C)C)C1. The van der Waals surface area contributed by atoms with Gasteiger partial charge in [0, 0.05) is 6.61 Å². The second-order valence-electron chi connectivity index (χ2n) is 6.55. The number of rotatable bonds is 5. The van der Waals surface area contributed by atoms with Crippen LogP contribution in [0, 0.1) is 11.8 Å². The monoisotopic (exact) mass is 256 g/mol. The molecule has 2 atom stereocenters. The van der Waals surface area contributed by atoms with Crippen LogP contribution in [-0.2, 0) is 14.3 Å². The smallest absolute Gasteiger partial charge is 0.308 e. The highest BCUT2D eigenvalue weighted by molar-refractivity contribution is 5.69. The molecule has 0 aromatic carbocycles. The number of ether oxygens (including phenoxy) is 2. The lowest BCUT2D eigenvalue weighted by Gasteiger charge is -2.26. The molecule has 1 rings (SSSR count).